The van der Waals surface area contributed by atoms with Crippen LogP contribution in [0.2, 0.25) is 0 Å². The van der Waals surface area contributed by atoms with Gasteiger partial charge in [-0.2, -0.15) is 0 Å². The van der Waals surface area contributed by atoms with E-state index in [0.717, 1.165) is 18.5 Å². The van der Waals surface area contributed by atoms with Gasteiger partial charge < -0.3 is 10.8 Å². The number of hydrogen-bond donors (Lipinski definition) is 2. The summed E-state index contributed by atoms with van der Waals surface area (Å²) in [5.41, 5.74) is 6.29. The number of nitrogens with zero attached hydrogens (tertiary/aromatic N) is 2. The van der Waals surface area contributed by atoms with Gasteiger partial charge in [-0.05, 0) is 18.9 Å². The predicted octanol–water partition coefficient (Wildman–Crippen LogP) is 1.80. The van der Waals surface area contributed by atoms with Crippen molar-refractivity contribution in [3.8, 4) is 0 Å². The van der Waals surface area contributed by atoms with E-state index in [-0.39, 0.29) is 11.6 Å². The molecule has 1 aliphatic rings. The molecule has 2 rings (SSSR count). The van der Waals surface area contributed by atoms with Crippen molar-refractivity contribution in [3.05, 3.63) is 17.5 Å². The highest BCUT2D eigenvalue weighted by molar-refractivity contribution is 5.85. The fourth-order valence-electron chi connectivity index (χ4n) is 2.20. The molecule has 0 aromatic carbocycles. The van der Waals surface area contributed by atoms with E-state index in [1.807, 2.05) is 0 Å². The summed E-state index contributed by atoms with van der Waals surface area (Å²) in [6.45, 7) is 0. The van der Waals surface area contributed by atoms with Crippen LogP contribution in [0.1, 0.15) is 54.2 Å². The second-order valence-electron chi connectivity index (χ2n) is 4.18. The van der Waals surface area contributed by atoms with Crippen LogP contribution in [0.15, 0.2) is 6.07 Å². The first-order valence-electron chi connectivity index (χ1n) is 5.54. The average molecular weight is 221 g/mol. The highest BCUT2D eigenvalue weighted by Gasteiger charge is 2.19. The van der Waals surface area contributed by atoms with Gasteiger partial charge in [0.25, 0.3) is 0 Å². The van der Waals surface area contributed by atoms with Gasteiger partial charge in [0.05, 0.1) is 0 Å². The van der Waals surface area contributed by atoms with Crippen molar-refractivity contribution >= 4 is 11.9 Å². The number of carboxylic acid groups (broad SMARTS) is 1. The molecule has 1 aromatic heterocycles. The van der Waals surface area contributed by atoms with Gasteiger partial charge in [-0.25, -0.2) is 14.8 Å². The molecule has 16 heavy (non-hydrogen) atoms. The summed E-state index contributed by atoms with van der Waals surface area (Å²) in [7, 11) is 0. The Morgan fingerprint density at radius 3 is 2.62 bits per heavy atom. The first kappa shape index (κ1) is 10.9. The molecule has 1 heterocycles. The minimum Gasteiger partial charge on any atom is -0.477 e. The predicted molar refractivity (Wildman–Crippen MR) is 59.2 cm³/mol. The number of nitrogen functional groups attached to an aromatic ring is 1. The molecule has 3 N–H and O–H groups in total. The number of carbonyl (C=O) groups is 1. The number of anilines is 1. The zero-order valence-corrected chi connectivity index (χ0v) is 9.02. The molecule has 1 aliphatic carbocycles. The Balaban J connectivity index is 2.28. The third-order valence-corrected chi connectivity index (χ3v) is 3.01. The fraction of sp³-hybridized carbons (Fsp3) is 0.545. The Labute approximate surface area is 93.7 Å². The number of hydrogen-bond acceptors (Lipinski definition) is 4. The molecule has 0 atom stereocenters. The van der Waals surface area contributed by atoms with Gasteiger partial charge >= 0.3 is 5.97 Å². The molecule has 0 bridgehead atoms. The second-order valence-corrected chi connectivity index (χ2v) is 4.18. The van der Waals surface area contributed by atoms with Crippen molar-refractivity contribution < 1.29 is 9.90 Å². The number of aromatic carboxylic acids is 1. The van der Waals surface area contributed by atoms with Gasteiger partial charge in [0.2, 0.25) is 5.95 Å². The van der Waals surface area contributed by atoms with Crippen LogP contribution < -0.4 is 5.73 Å². The minimum atomic E-state index is -1.05. The summed E-state index contributed by atoms with van der Waals surface area (Å²) in [4.78, 5) is 18.7. The van der Waals surface area contributed by atoms with Crippen LogP contribution in [0.3, 0.4) is 0 Å². The van der Waals surface area contributed by atoms with E-state index in [0.29, 0.717) is 5.92 Å². The highest BCUT2D eigenvalue weighted by atomic mass is 16.4. The van der Waals surface area contributed by atoms with E-state index in [9.17, 15) is 4.79 Å². The van der Waals surface area contributed by atoms with Crippen LogP contribution in [0, 0.1) is 0 Å². The van der Waals surface area contributed by atoms with Crippen molar-refractivity contribution in [2.75, 3.05) is 5.73 Å². The number of carboxylic acids is 1. The Kier molecular flexibility index (Phi) is 3.03. The first-order valence-corrected chi connectivity index (χ1v) is 5.54. The third kappa shape index (κ3) is 2.29. The average Bonchev–Trinajstić information content (AvgIpc) is 2.29. The quantitative estimate of drug-likeness (QED) is 0.794. The molecule has 0 amide bonds. The van der Waals surface area contributed by atoms with Crippen LogP contribution in [0.5, 0.6) is 0 Å². The molecule has 0 spiro atoms. The first-order chi connectivity index (χ1) is 7.66. The normalized spacial score (nSPS) is 17.2. The van der Waals surface area contributed by atoms with E-state index in [4.69, 9.17) is 10.8 Å². The molecule has 5 nitrogen and oxygen atoms in total. The fourth-order valence-corrected chi connectivity index (χ4v) is 2.20. The summed E-state index contributed by atoms with van der Waals surface area (Å²) < 4.78 is 0. The standard InChI is InChI=1S/C11H15N3O2/c12-11-13-8(6-9(14-11)10(15)16)7-4-2-1-3-5-7/h6-7H,1-5H2,(H,15,16)(H2,12,13,14). The molecule has 0 saturated heterocycles. The maximum atomic E-state index is 10.8. The van der Waals surface area contributed by atoms with Gasteiger partial charge in [-0.3, -0.25) is 0 Å². The molecule has 0 radical (unpaired) electrons. The molecule has 1 saturated carbocycles. The van der Waals surface area contributed by atoms with Crippen LogP contribution in [-0.4, -0.2) is 21.0 Å². The van der Waals surface area contributed by atoms with Gasteiger partial charge in [0.1, 0.15) is 0 Å². The zero-order valence-electron chi connectivity index (χ0n) is 9.02. The number of rotatable bonds is 2. The summed E-state index contributed by atoms with van der Waals surface area (Å²) in [6, 6.07) is 1.55. The lowest BCUT2D eigenvalue weighted by Gasteiger charge is -2.21. The van der Waals surface area contributed by atoms with E-state index >= 15 is 0 Å². The van der Waals surface area contributed by atoms with Gasteiger partial charge in [-0.1, -0.05) is 19.3 Å². The summed E-state index contributed by atoms with van der Waals surface area (Å²) in [5.74, 6) is -0.649. The molecule has 1 aromatic rings. The van der Waals surface area contributed by atoms with E-state index < -0.39 is 5.97 Å². The minimum absolute atomic E-state index is 0.00641. The Morgan fingerprint density at radius 1 is 1.31 bits per heavy atom. The van der Waals surface area contributed by atoms with Crippen molar-refractivity contribution in [1.29, 1.82) is 0 Å². The third-order valence-electron chi connectivity index (χ3n) is 3.01. The van der Waals surface area contributed by atoms with E-state index in [1.165, 1.54) is 19.3 Å². The zero-order chi connectivity index (χ0) is 11.5. The number of aromatic nitrogens is 2. The lowest BCUT2D eigenvalue weighted by Crippen LogP contribution is -2.12. The Hall–Kier alpha value is -1.65. The Bertz CT molecular complexity index is 400. The molecule has 1 fully saturated rings. The lowest BCUT2D eigenvalue weighted by atomic mass is 9.86. The molecule has 86 valence electrons. The van der Waals surface area contributed by atoms with Crippen molar-refractivity contribution in [3.63, 3.8) is 0 Å². The molecule has 5 heteroatoms. The maximum Gasteiger partial charge on any atom is 0.354 e. The molecular weight excluding hydrogens is 206 g/mol. The monoisotopic (exact) mass is 221 g/mol. The topological polar surface area (TPSA) is 89.1 Å². The smallest absolute Gasteiger partial charge is 0.354 e. The molecule has 0 aliphatic heterocycles. The summed E-state index contributed by atoms with van der Waals surface area (Å²) in [6.07, 6.45) is 5.74. The van der Waals surface area contributed by atoms with E-state index in [1.54, 1.807) is 6.07 Å². The van der Waals surface area contributed by atoms with Crippen LogP contribution in [-0.2, 0) is 0 Å². The summed E-state index contributed by atoms with van der Waals surface area (Å²) in [5, 5.41) is 8.89. The maximum absolute atomic E-state index is 10.8. The molecular formula is C11H15N3O2. The Morgan fingerprint density at radius 2 is 2.00 bits per heavy atom. The lowest BCUT2D eigenvalue weighted by molar-refractivity contribution is 0.0690. The molecule has 0 unspecified atom stereocenters. The van der Waals surface area contributed by atoms with Crippen LogP contribution in [0.25, 0.3) is 0 Å². The number of nitrogens with two attached hydrogens (primary N) is 1. The SMILES string of the molecule is Nc1nc(C(=O)O)cc(C2CCCCC2)n1. The van der Waals surface area contributed by atoms with Crippen LogP contribution >= 0.6 is 0 Å². The van der Waals surface area contributed by atoms with Crippen molar-refractivity contribution in [2.24, 2.45) is 0 Å². The highest BCUT2D eigenvalue weighted by Crippen LogP contribution is 2.31. The van der Waals surface area contributed by atoms with Crippen LogP contribution in [0.4, 0.5) is 5.95 Å². The second kappa shape index (κ2) is 4.47. The van der Waals surface area contributed by atoms with Crippen molar-refractivity contribution in [1.82, 2.24) is 9.97 Å². The van der Waals surface area contributed by atoms with Gasteiger partial charge in [0, 0.05) is 11.6 Å². The summed E-state index contributed by atoms with van der Waals surface area (Å²) >= 11 is 0. The van der Waals surface area contributed by atoms with Crippen molar-refractivity contribution in [2.45, 2.75) is 38.0 Å². The van der Waals surface area contributed by atoms with Gasteiger partial charge in [-0.15, -0.1) is 0 Å². The van der Waals surface area contributed by atoms with Gasteiger partial charge in [0.15, 0.2) is 5.69 Å². The largest absolute Gasteiger partial charge is 0.477 e. The van der Waals surface area contributed by atoms with E-state index in [2.05, 4.69) is 9.97 Å².